The molecule has 11 heteroatoms. The van der Waals surface area contributed by atoms with E-state index in [0.717, 1.165) is 85.8 Å². The highest BCUT2D eigenvalue weighted by molar-refractivity contribution is 5.85. The molecule has 1 saturated carbocycles. The van der Waals surface area contributed by atoms with E-state index in [-0.39, 0.29) is 6.10 Å². The van der Waals surface area contributed by atoms with Crippen LogP contribution in [0.15, 0.2) is 49.3 Å². The first-order chi connectivity index (χ1) is 18.2. The summed E-state index contributed by atoms with van der Waals surface area (Å²) in [5.41, 5.74) is 4.51. The Bertz CT molecular complexity index is 1330. The Morgan fingerprint density at radius 1 is 0.919 bits per heavy atom. The minimum atomic E-state index is 0.134. The van der Waals surface area contributed by atoms with Crippen LogP contribution in [0, 0.1) is 0 Å². The number of hydrogen-bond donors (Lipinski definition) is 2. The number of fused-ring (bicyclic) bond motifs is 1. The van der Waals surface area contributed by atoms with Crippen LogP contribution in [0.1, 0.15) is 25.7 Å². The van der Waals surface area contributed by atoms with Gasteiger partial charge in [0.15, 0.2) is 0 Å². The van der Waals surface area contributed by atoms with Gasteiger partial charge in [0.25, 0.3) is 0 Å². The fourth-order valence-electron chi connectivity index (χ4n) is 4.93. The first kappa shape index (κ1) is 23.4. The van der Waals surface area contributed by atoms with E-state index in [4.69, 9.17) is 9.47 Å². The second-order valence-corrected chi connectivity index (χ2v) is 9.53. The zero-order chi connectivity index (χ0) is 25.0. The number of hydrogen-bond acceptors (Lipinski definition) is 10. The van der Waals surface area contributed by atoms with Crippen molar-refractivity contribution in [3.63, 3.8) is 0 Å². The Morgan fingerprint density at radius 3 is 2.46 bits per heavy atom. The van der Waals surface area contributed by atoms with Gasteiger partial charge in [-0.1, -0.05) is 0 Å². The molecule has 11 nitrogen and oxygen atoms in total. The molecule has 0 unspecified atom stereocenters. The maximum absolute atomic E-state index is 6.54. The molecule has 1 aliphatic carbocycles. The monoisotopic (exact) mass is 501 g/mol. The van der Waals surface area contributed by atoms with Crippen LogP contribution >= 0.6 is 0 Å². The third-order valence-corrected chi connectivity index (χ3v) is 6.85. The summed E-state index contributed by atoms with van der Waals surface area (Å²) in [6.07, 6.45) is 14.7. The zero-order valence-corrected chi connectivity index (χ0v) is 20.9. The molecule has 0 bridgehead atoms. The molecule has 6 rings (SSSR count). The smallest absolute Gasteiger partial charge is 0.222 e. The Balaban J connectivity index is 1.06. The molecule has 3 aromatic heterocycles. The van der Waals surface area contributed by atoms with Gasteiger partial charge in [-0.2, -0.15) is 5.10 Å². The summed E-state index contributed by atoms with van der Waals surface area (Å²) in [5, 5.41) is 10.9. The van der Waals surface area contributed by atoms with E-state index < -0.39 is 0 Å². The van der Waals surface area contributed by atoms with Crippen LogP contribution in [-0.2, 0) is 11.8 Å². The molecule has 1 saturated heterocycles. The van der Waals surface area contributed by atoms with E-state index in [0.29, 0.717) is 12.0 Å². The Hall–Kier alpha value is -3.99. The topological polar surface area (TPSA) is 115 Å². The van der Waals surface area contributed by atoms with Crippen molar-refractivity contribution in [2.75, 3.05) is 41.8 Å². The number of benzene rings is 1. The number of aryl methyl sites for hydroxylation is 1. The van der Waals surface area contributed by atoms with Gasteiger partial charge in [-0.3, -0.25) is 9.67 Å². The van der Waals surface area contributed by atoms with E-state index in [1.54, 1.807) is 35.7 Å². The predicted molar refractivity (Wildman–Crippen MR) is 141 cm³/mol. The summed E-state index contributed by atoms with van der Waals surface area (Å²) < 4.78 is 13.8. The summed E-state index contributed by atoms with van der Waals surface area (Å²) in [7, 11) is 1.88. The minimum absolute atomic E-state index is 0.134. The maximum atomic E-state index is 6.54. The Kier molecular flexibility index (Phi) is 6.68. The van der Waals surface area contributed by atoms with Crippen molar-refractivity contribution in [3.8, 4) is 5.75 Å². The highest BCUT2D eigenvalue weighted by Gasteiger charge is 2.24. The lowest BCUT2D eigenvalue weighted by molar-refractivity contribution is 0.122. The molecule has 0 spiro atoms. The first-order valence-corrected chi connectivity index (χ1v) is 12.8. The molecule has 0 radical (unpaired) electrons. The van der Waals surface area contributed by atoms with Crippen LogP contribution in [0.5, 0.6) is 5.75 Å². The number of rotatable bonds is 7. The highest BCUT2D eigenvalue weighted by atomic mass is 16.5. The third-order valence-electron chi connectivity index (χ3n) is 6.85. The van der Waals surface area contributed by atoms with Gasteiger partial charge in [0.2, 0.25) is 5.95 Å². The summed E-state index contributed by atoms with van der Waals surface area (Å²) >= 11 is 0. The van der Waals surface area contributed by atoms with Crippen molar-refractivity contribution >= 4 is 34.0 Å². The number of anilines is 4. The van der Waals surface area contributed by atoms with E-state index in [2.05, 4.69) is 52.7 Å². The van der Waals surface area contributed by atoms with Gasteiger partial charge >= 0.3 is 0 Å². The van der Waals surface area contributed by atoms with E-state index in [9.17, 15) is 0 Å². The number of ether oxygens (including phenoxy) is 2. The minimum Gasteiger partial charge on any atom is -0.488 e. The summed E-state index contributed by atoms with van der Waals surface area (Å²) in [6, 6.07) is 4.52. The summed E-state index contributed by atoms with van der Waals surface area (Å²) in [4.78, 5) is 20.4. The summed E-state index contributed by atoms with van der Waals surface area (Å²) in [5.74, 6) is 1.45. The number of nitrogens with zero attached hydrogens (tertiary/aromatic N) is 7. The molecule has 1 aliphatic heterocycles. The summed E-state index contributed by atoms with van der Waals surface area (Å²) in [6.45, 7) is 3.20. The average Bonchev–Trinajstić information content (AvgIpc) is 3.35. The van der Waals surface area contributed by atoms with Gasteiger partial charge < -0.3 is 25.0 Å². The normalized spacial score (nSPS) is 20.1. The quantitative estimate of drug-likeness (QED) is 0.390. The number of morpholine rings is 1. The van der Waals surface area contributed by atoms with E-state index in [1.165, 1.54) is 0 Å². The average molecular weight is 502 g/mol. The molecule has 4 heterocycles. The van der Waals surface area contributed by atoms with E-state index in [1.807, 2.05) is 13.2 Å². The van der Waals surface area contributed by atoms with Gasteiger partial charge in [0.1, 0.15) is 11.3 Å². The Morgan fingerprint density at radius 2 is 1.70 bits per heavy atom. The van der Waals surface area contributed by atoms with Crippen molar-refractivity contribution in [3.05, 3.63) is 49.3 Å². The Labute approximate surface area is 215 Å². The molecule has 0 atom stereocenters. The second kappa shape index (κ2) is 10.6. The fraction of sp³-hybridized carbons (Fsp3) is 0.423. The molecule has 0 amide bonds. The lowest BCUT2D eigenvalue weighted by atomic mass is 9.93. The van der Waals surface area contributed by atoms with Crippen molar-refractivity contribution in [1.82, 2.24) is 29.7 Å². The molecule has 2 N–H and O–H groups in total. The fourth-order valence-corrected chi connectivity index (χ4v) is 4.93. The number of nitrogens with one attached hydrogen (secondary N) is 2. The molecule has 1 aromatic carbocycles. The molecule has 2 fully saturated rings. The number of aromatic nitrogens is 6. The van der Waals surface area contributed by atoms with E-state index >= 15 is 0 Å². The van der Waals surface area contributed by atoms with Crippen molar-refractivity contribution < 1.29 is 9.47 Å². The standard InChI is InChI=1S/C26H31N9O2/c1-34-17-20(16-31-34)32-19-14-29-26(30-15-19)33-18-2-4-22(5-3-18)37-24-13-21(35-8-10-36-11-9-35)12-23-25(24)28-7-6-27-23/h6-7,12-18,22,32H,2-5,8-11H2,1H3,(H,29,30,33)/t18-,22+. The third kappa shape index (κ3) is 5.56. The van der Waals surface area contributed by atoms with Crippen LogP contribution in [0.4, 0.5) is 23.0 Å². The molecule has 192 valence electrons. The van der Waals surface area contributed by atoms with Gasteiger partial charge in [-0.25, -0.2) is 15.0 Å². The van der Waals surface area contributed by atoms with Crippen LogP contribution in [0.25, 0.3) is 11.0 Å². The molecular formula is C26H31N9O2. The highest BCUT2D eigenvalue weighted by Crippen LogP contribution is 2.33. The van der Waals surface area contributed by atoms with Crippen molar-refractivity contribution in [1.29, 1.82) is 0 Å². The van der Waals surface area contributed by atoms with Crippen molar-refractivity contribution in [2.45, 2.75) is 37.8 Å². The maximum Gasteiger partial charge on any atom is 0.222 e. The van der Waals surface area contributed by atoms with Crippen LogP contribution in [-0.4, -0.2) is 68.2 Å². The molecule has 2 aliphatic rings. The lowest BCUT2D eigenvalue weighted by Gasteiger charge is -2.31. The van der Waals surface area contributed by atoms with Gasteiger partial charge in [-0.15, -0.1) is 0 Å². The largest absolute Gasteiger partial charge is 0.488 e. The van der Waals surface area contributed by atoms with Crippen molar-refractivity contribution in [2.24, 2.45) is 7.05 Å². The molecule has 37 heavy (non-hydrogen) atoms. The SMILES string of the molecule is Cn1cc(Nc2cnc(N[C@H]3CC[C@@H](Oc4cc(N5CCOCC5)cc5nccnc45)CC3)nc2)cn1. The van der Waals surface area contributed by atoms with Gasteiger partial charge in [-0.05, 0) is 31.7 Å². The van der Waals surface area contributed by atoms with Gasteiger partial charge in [0.05, 0.1) is 54.8 Å². The zero-order valence-electron chi connectivity index (χ0n) is 20.9. The van der Waals surface area contributed by atoms with Crippen LogP contribution < -0.4 is 20.3 Å². The van der Waals surface area contributed by atoms with Crippen LogP contribution in [0.2, 0.25) is 0 Å². The van der Waals surface area contributed by atoms with Crippen LogP contribution in [0.3, 0.4) is 0 Å². The van der Waals surface area contributed by atoms with Gasteiger partial charge in [0, 0.05) is 56.5 Å². The lowest BCUT2D eigenvalue weighted by Crippen LogP contribution is -2.36. The molecular weight excluding hydrogens is 470 g/mol. The first-order valence-electron chi connectivity index (χ1n) is 12.8. The predicted octanol–water partition coefficient (Wildman–Crippen LogP) is 3.54. The molecule has 4 aromatic rings. The second-order valence-electron chi connectivity index (χ2n) is 9.53.